The smallest absolute Gasteiger partial charge is 0.249 e. The fourth-order valence-corrected chi connectivity index (χ4v) is 3.82. The lowest BCUT2D eigenvalue weighted by Crippen LogP contribution is -2.61. The molecule has 1 amide bonds. The Morgan fingerprint density at radius 1 is 1.43 bits per heavy atom. The van der Waals surface area contributed by atoms with E-state index >= 15 is 0 Å². The number of aliphatic hydroxyl groups excluding tert-OH is 1. The molecule has 0 spiro atoms. The summed E-state index contributed by atoms with van der Waals surface area (Å²) in [5.41, 5.74) is 5.54. The lowest BCUT2D eigenvalue weighted by Gasteiger charge is -2.49. The van der Waals surface area contributed by atoms with Gasteiger partial charge in [0.25, 0.3) is 0 Å². The minimum Gasteiger partial charge on any atom is -0.392 e. The summed E-state index contributed by atoms with van der Waals surface area (Å²) in [5.74, 6) is -0.663. The van der Waals surface area contributed by atoms with Crippen LogP contribution in [0.1, 0.15) is 36.2 Å². The molecule has 2 rings (SSSR count). The minimum atomic E-state index is -3.76. The van der Waals surface area contributed by atoms with Gasteiger partial charge in [0.15, 0.2) is 0 Å². The molecular formula is C14H20N2O4S. The van der Waals surface area contributed by atoms with E-state index in [2.05, 4.69) is 4.72 Å². The van der Waals surface area contributed by atoms with Crippen molar-refractivity contribution in [3.63, 3.8) is 0 Å². The Morgan fingerprint density at radius 3 is 2.52 bits per heavy atom. The molecule has 7 heteroatoms. The Kier molecular flexibility index (Phi) is 3.86. The Morgan fingerprint density at radius 2 is 2.05 bits per heavy atom. The van der Waals surface area contributed by atoms with E-state index in [1.807, 2.05) is 0 Å². The zero-order chi connectivity index (χ0) is 16.0. The van der Waals surface area contributed by atoms with Crippen LogP contribution in [0.5, 0.6) is 0 Å². The molecule has 0 saturated heterocycles. The van der Waals surface area contributed by atoms with Crippen LogP contribution in [0.3, 0.4) is 0 Å². The number of nitrogens with one attached hydrogen (secondary N) is 1. The average molecular weight is 312 g/mol. The molecule has 1 saturated carbocycles. The molecule has 21 heavy (non-hydrogen) atoms. The molecule has 0 radical (unpaired) electrons. The quantitative estimate of drug-likeness (QED) is 0.753. The number of amides is 1. The molecule has 1 fully saturated rings. The Hall–Kier alpha value is -1.44. The summed E-state index contributed by atoms with van der Waals surface area (Å²) >= 11 is 0. The first-order chi connectivity index (χ1) is 9.55. The van der Waals surface area contributed by atoms with Crippen LogP contribution in [0, 0.1) is 12.3 Å². The van der Waals surface area contributed by atoms with Gasteiger partial charge in [-0.1, -0.05) is 19.9 Å². The summed E-state index contributed by atoms with van der Waals surface area (Å²) in [5, 5.41) is 9.67. The van der Waals surface area contributed by atoms with E-state index in [0.717, 1.165) is 0 Å². The van der Waals surface area contributed by atoms with Gasteiger partial charge in [0, 0.05) is 17.0 Å². The molecule has 0 bridgehead atoms. The number of benzene rings is 1. The van der Waals surface area contributed by atoms with Crippen LogP contribution in [0.2, 0.25) is 0 Å². The van der Waals surface area contributed by atoms with Crippen molar-refractivity contribution in [3.05, 3.63) is 29.3 Å². The molecule has 2 atom stereocenters. The Balaban J connectivity index is 2.29. The maximum absolute atomic E-state index is 12.4. The van der Waals surface area contributed by atoms with E-state index in [1.165, 1.54) is 12.1 Å². The topological polar surface area (TPSA) is 109 Å². The third-order valence-electron chi connectivity index (χ3n) is 4.30. The largest absolute Gasteiger partial charge is 0.392 e. The van der Waals surface area contributed by atoms with E-state index in [0.29, 0.717) is 12.0 Å². The third-order valence-corrected chi connectivity index (χ3v) is 5.77. The highest BCUT2D eigenvalue weighted by Gasteiger charge is 2.48. The van der Waals surface area contributed by atoms with Gasteiger partial charge in [-0.3, -0.25) is 4.79 Å². The second-order valence-electron chi connectivity index (χ2n) is 6.09. The van der Waals surface area contributed by atoms with Crippen molar-refractivity contribution >= 4 is 15.9 Å². The van der Waals surface area contributed by atoms with Crippen LogP contribution in [0.15, 0.2) is 23.1 Å². The van der Waals surface area contributed by atoms with Crippen molar-refractivity contribution in [1.82, 2.24) is 4.72 Å². The van der Waals surface area contributed by atoms with Crippen molar-refractivity contribution in [2.45, 2.75) is 44.2 Å². The molecule has 6 nitrogen and oxygen atoms in total. The summed E-state index contributed by atoms with van der Waals surface area (Å²) in [6.07, 6.45) is -0.148. The molecular weight excluding hydrogens is 292 g/mol. The molecule has 2 unspecified atom stereocenters. The van der Waals surface area contributed by atoms with Crippen molar-refractivity contribution in [3.8, 4) is 0 Å². The summed E-state index contributed by atoms with van der Waals surface area (Å²) in [6, 6.07) is 3.93. The lowest BCUT2D eigenvalue weighted by molar-refractivity contribution is -0.0645. The van der Waals surface area contributed by atoms with Crippen LogP contribution >= 0.6 is 0 Å². The van der Waals surface area contributed by atoms with Crippen molar-refractivity contribution in [2.24, 2.45) is 11.1 Å². The van der Waals surface area contributed by atoms with Gasteiger partial charge in [0.2, 0.25) is 15.9 Å². The maximum atomic E-state index is 12.4. The second-order valence-corrected chi connectivity index (χ2v) is 7.80. The number of sulfonamides is 1. The van der Waals surface area contributed by atoms with Crippen molar-refractivity contribution in [1.29, 1.82) is 0 Å². The highest BCUT2D eigenvalue weighted by Crippen LogP contribution is 2.41. The zero-order valence-corrected chi connectivity index (χ0v) is 13.1. The number of primary amides is 1. The monoisotopic (exact) mass is 312 g/mol. The Bertz CT molecular complexity index is 682. The number of nitrogens with two attached hydrogens (primary N) is 1. The molecule has 1 aromatic rings. The van der Waals surface area contributed by atoms with Gasteiger partial charge in [0.05, 0.1) is 11.0 Å². The zero-order valence-electron chi connectivity index (χ0n) is 12.3. The van der Waals surface area contributed by atoms with Gasteiger partial charge in [0.1, 0.15) is 0 Å². The number of aliphatic hydroxyl groups is 1. The summed E-state index contributed by atoms with van der Waals surface area (Å²) in [6.45, 7) is 5.30. The molecule has 116 valence electrons. The van der Waals surface area contributed by atoms with Crippen LogP contribution in [-0.2, 0) is 10.0 Å². The van der Waals surface area contributed by atoms with E-state index in [4.69, 9.17) is 5.73 Å². The molecule has 4 N–H and O–H groups in total. The van der Waals surface area contributed by atoms with E-state index in [1.54, 1.807) is 26.8 Å². The first-order valence-corrected chi connectivity index (χ1v) is 8.15. The van der Waals surface area contributed by atoms with Gasteiger partial charge in [-0.2, -0.15) is 0 Å². The summed E-state index contributed by atoms with van der Waals surface area (Å²) < 4.78 is 27.3. The van der Waals surface area contributed by atoms with E-state index in [9.17, 15) is 18.3 Å². The fourth-order valence-electron chi connectivity index (χ4n) is 2.39. The van der Waals surface area contributed by atoms with Gasteiger partial charge in [-0.05, 0) is 31.0 Å². The van der Waals surface area contributed by atoms with E-state index < -0.39 is 27.4 Å². The third kappa shape index (κ3) is 2.81. The highest BCUT2D eigenvalue weighted by molar-refractivity contribution is 7.89. The van der Waals surface area contributed by atoms with Crippen molar-refractivity contribution in [2.75, 3.05) is 0 Å². The van der Waals surface area contributed by atoms with E-state index in [-0.39, 0.29) is 16.5 Å². The number of hydrogen-bond donors (Lipinski definition) is 3. The van der Waals surface area contributed by atoms with Crippen LogP contribution in [0.4, 0.5) is 0 Å². The molecule has 1 aromatic carbocycles. The number of carbonyl (C=O) groups is 1. The van der Waals surface area contributed by atoms with Gasteiger partial charge < -0.3 is 10.8 Å². The SMILES string of the molecule is Cc1ccc(S(=O)(=O)NC2CC(O)C2(C)C)cc1C(N)=O. The standard InChI is InChI=1S/C14H20N2O4S/c1-8-4-5-9(6-10(8)13(15)18)21(19,20)16-11-7-12(17)14(11,2)3/h4-6,11-12,16-17H,7H2,1-3H3,(H2,15,18). The summed E-state index contributed by atoms with van der Waals surface area (Å²) in [4.78, 5) is 11.3. The predicted molar refractivity (Wildman–Crippen MR) is 78.2 cm³/mol. The second kappa shape index (κ2) is 5.08. The minimum absolute atomic E-state index is 0.000843. The number of carbonyl (C=O) groups excluding carboxylic acids is 1. The normalized spacial score (nSPS) is 24.4. The number of hydrogen-bond acceptors (Lipinski definition) is 4. The van der Waals surface area contributed by atoms with Crippen LogP contribution in [0.25, 0.3) is 0 Å². The fraction of sp³-hybridized carbons (Fsp3) is 0.500. The predicted octanol–water partition coefficient (Wildman–Crippen LogP) is 0.532. The molecule has 1 aliphatic rings. The van der Waals surface area contributed by atoms with Crippen LogP contribution in [-0.4, -0.2) is 31.6 Å². The maximum Gasteiger partial charge on any atom is 0.249 e. The lowest BCUT2D eigenvalue weighted by atomic mass is 9.65. The average Bonchev–Trinajstić information content (AvgIpc) is 2.38. The summed E-state index contributed by atoms with van der Waals surface area (Å²) in [7, 11) is -3.76. The number of rotatable bonds is 4. The highest BCUT2D eigenvalue weighted by atomic mass is 32.2. The molecule has 0 aliphatic heterocycles. The molecule has 0 aromatic heterocycles. The first-order valence-electron chi connectivity index (χ1n) is 6.66. The molecule has 1 aliphatic carbocycles. The van der Waals surface area contributed by atoms with Gasteiger partial charge in [-0.15, -0.1) is 0 Å². The Labute approximate surface area is 124 Å². The van der Waals surface area contributed by atoms with Crippen molar-refractivity contribution < 1.29 is 18.3 Å². The first kappa shape index (κ1) is 15.9. The molecule has 0 heterocycles. The number of aryl methyl sites for hydroxylation is 1. The van der Waals surface area contributed by atoms with Gasteiger partial charge >= 0.3 is 0 Å². The van der Waals surface area contributed by atoms with Gasteiger partial charge in [-0.25, -0.2) is 13.1 Å². The van der Waals surface area contributed by atoms with Crippen LogP contribution < -0.4 is 10.5 Å².